The number of rotatable bonds is 4. The number of nitrogens with zero attached hydrogens (tertiary/aromatic N) is 4. The minimum atomic E-state index is 0.0191. The van der Waals surface area contributed by atoms with E-state index in [0.29, 0.717) is 23.5 Å². The quantitative estimate of drug-likeness (QED) is 0.200. The van der Waals surface area contributed by atoms with E-state index < -0.39 is 0 Å². The van der Waals surface area contributed by atoms with Gasteiger partial charge in [0.05, 0.1) is 11.0 Å². The summed E-state index contributed by atoms with van der Waals surface area (Å²) in [4.78, 5) is 15.1. The van der Waals surface area contributed by atoms with Gasteiger partial charge in [-0.05, 0) is 51.8 Å². The van der Waals surface area contributed by atoms with Crippen LogP contribution in [0.4, 0.5) is 0 Å². The second-order valence-electron chi connectivity index (χ2n) is 13.6. The fourth-order valence-corrected chi connectivity index (χ4v) is 8.14. The van der Waals surface area contributed by atoms with E-state index in [1.807, 2.05) is 60.7 Å². The van der Waals surface area contributed by atoms with Gasteiger partial charge in [0, 0.05) is 27.3 Å². The summed E-state index contributed by atoms with van der Waals surface area (Å²) in [6.07, 6.45) is 9.20. The molecule has 0 saturated carbocycles. The summed E-state index contributed by atoms with van der Waals surface area (Å²) in [5, 5.41) is 2.34. The van der Waals surface area contributed by atoms with Crippen LogP contribution in [0, 0.1) is 5.92 Å². The van der Waals surface area contributed by atoms with Gasteiger partial charge in [-0.1, -0.05) is 148 Å². The second kappa shape index (κ2) is 10.2. The highest BCUT2D eigenvalue weighted by Gasteiger charge is 2.51. The van der Waals surface area contributed by atoms with Gasteiger partial charge in [0.25, 0.3) is 0 Å². The SMILES string of the molecule is CC1(C)c2cc(-c3ccc4c(c3)c3ccccc3n4-c3nc(-c4ccccc4)nc(-c4ccccc4)n3)ccc2C2(C)C=CC=CC12. The van der Waals surface area contributed by atoms with Crippen LogP contribution in [0.3, 0.4) is 0 Å². The van der Waals surface area contributed by atoms with E-state index in [9.17, 15) is 0 Å². The van der Waals surface area contributed by atoms with Crippen LogP contribution in [0.1, 0.15) is 31.9 Å². The Morgan fingerprint density at radius 3 is 1.87 bits per heavy atom. The fraction of sp³-hybridized carbons (Fsp3) is 0.140. The predicted molar refractivity (Wildman–Crippen MR) is 193 cm³/mol. The summed E-state index contributed by atoms with van der Waals surface area (Å²) in [6.45, 7) is 7.18. The highest BCUT2D eigenvalue weighted by Crippen LogP contribution is 2.57. The van der Waals surface area contributed by atoms with Crippen LogP contribution in [-0.2, 0) is 10.8 Å². The van der Waals surface area contributed by atoms with Crippen molar-refractivity contribution >= 4 is 21.8 Å². The van der Waals surface area contributed by atoms with Crippen molar-refractivity contribution < 1.29 is 0 Å². The van der Waals surface area contributed by atoms with Crippen molar-refractivity contribution in [2.45, 2.75) is 31.6 Å². The molecule has 2 unspecified atom stereocenters. The molecule has 7 aromatic rings. The molecule has 9 rings (SSSR count). The van der Waals surface area contributed by atoms with Crippen LogP contribution < -0.4 is 0 Å². The van der Waals surface area contributed by atoms with E-state index in [1.54, 1.807) is 0 Å². The third-order valence-electron chi connectivity index (χ3n) is 10.5. The molecular formula is C43H34N4. The van der Waals surface area contributed by atoms with Gasteiger partial charge in [-0.2, -0.15) is 9.97 Å². The van der Waals surface area contributed by atoms with Crippen molar-refractivity contribution in [1.29, 1.82) is 0 Å². The Balaban J connectivity index is 1.23. The van der Waals surface area contributed by atoms with Gasteiger partial charge in [-0.3, -0.25) is 4.57 Å². The Morgan fingerprint density at radius 2 is 1.15 bits per heavy atom. The molecule has 2 atom stereocenters. The molecular weight excluding hydrogens is 573 g/mol. The molecule has 0 bridgehead atoms. The van der Waals surface area contributed by atoms with Gasteiger partial charge in [0.15, 0.2) is 11.6 Å². The van der Waals surface area contributed by atoms with Crippen LogP contribution in [0.2, 0.25) is 0 Å². The number of para-hydroxylation sites is 1. The topological polar surface area (TPSA) is 43.6 Å². The van der Waals surface area contributed by atoms with Crippen molar-refractivity contribution in [3.8, 4) is 39.9 Å². The maximum atomic E-state index is 5.08. The molecule has 2 aliphatic rings. The van der Waals surface area contributed by atoms with Gasteiger partial charge < -0.3 is 0 Å². The maximum Gasteiger partial charge on any atom is 0.238 e. The molecule has 0 amide bonds. The smallest absolute Gasteiger partial charge is 0.238 e. The van der Waals surface area contributed by atoms with E-state index in [0.717, 1.165) is 22.2 Å². The van der Waals surface area contributed by atoms with Crippen LogP contribution in [0.25, 0.3) is 61.7 Å². The van der Waals surface area contributed by atoms with Crippen LogP contribution in [0.5, 0.6) is 0 Å². The molecule has 0 spiro atoms. The van der Waals surface area contributed by atoms with Crippen molar-refractivity contribution in [3.05, 3.63) is 157 Å². The van der Waals surface area contributed by atoms with Gasteiger partial charge in [0.1, 0.15) is 0 Å². The van der Waals surface area contributed by atoms with E-state index in [2.05, 4.69) is 110 Å². The first-order valence-electron chi connectivity index (χ1n) is 16.3. The zero-order chi connectivity index (χ0) is 31.8. The molecule has 47 heavy (non-hydrogen) atoms. The fourth-order valence-electron chi connectivity index (χ4n) is 8.14. The van der Waals surface area contributed by atoms with Gasteiger partial charge in [0.2, 0.25) is 5.95 Å². The van der Waals surface area contributed by atoms with E-state index in [1.165, 1.54) is 33.0 Å². The van der Waals surface area contributed by atoms with Crippen LogP contribution >= 0.6 is 0 Å². The molecule has 4 heteroatoms. The Labute approximate surface area is 274 Å². The number of benzene rings is 5. The Bertz CT molecular complexity index is 2340. The van der Waals surface area contributed by atoms with Gasteiger partial charge in [-0.25, -0.2) is 4.98 Å². The average molecular weight is 607 g/mol. The maximum absolute atomic E-state index is 5.08. The van der Waals surface area contributed by atoms with Crippen LogP contribution in [-0.4, -0.2) is 19.5 Å². The Morgan fingerprint density at radius 1 is 0.532 bits per heavy atom. The molecule has 2 aliphatic carbocycles. The predicted octanol–water partition coefficient (Wildman–Crippen LogP) is 10.3. The number of aromatic nitrogens is 4. The molecule has 0 aliphatic heterocycles. The Kier molecular flexibility index (Phi) is 6.01. The first kappa shape index (κ1) is 27.7. The summed E-state index contributed by atoms with van der Waals surface area (Å²) < 4.78 is 2.19. The number of hydrogen-bond acceptors (Lipinski definition) is 3. The zero-order valence-electron chi connectivity index (χ0n) is 26.7. The molecule has 2 aromatic heterocycles. The highest BCUT2D eigenvalue weighted by molar-refractivity contribution is 6.10. The van der Waals surface area contributed by atoms with Crippen molar-refractivity contribution in [3.63, 3.8) is 0 Å². The van der Waals surface area contributed by atoms with E-state index in [-0.39, 0.29) is 10.8 Å². The normalized spacial score (nSPS) is 19.3. The third kappa shape index (κ3) is 4.18. The van der Waals surface area contributed by atoms with E-state index >= 15 is 0 Å². The minimum absolute atomic E-state index is 0.0191. The summed E-state index contributed by atoms with van der Waals surface area (Å²) in [7, 11) is 0. The molecule has 226 valence electrons. The van der Waals surface area contributed by atoms with Crippen LogP contribution in [0.15, 0.2) is 146 Å². The summed E-state index contributed by atoms with van der Waals surface area (Å²) in [5.41, 5.74) is 9.41. The lowest BCUT2D eigenvalue weighted by atomic mass is 9.67. The Hall–Kier alpha value is -5.61. The standard InChI is InChI=1S/C43H34N4/c1-42(2)35-27-31(21-23-34(35)43(3)25-13-12-20-38(42)43)30-22-24-37-33(26-30)32-18-10-11-19-36(32)47(37)41-45-39(28-14-6-4-7-15-28)44-40(46-41)29-16-8-5-9-17-29/h4-27,38H,1-3H3. The second-order valence-corrected chi connectivity index (χ2v) is 13.6. The molecule has 4 nitrogen and oxygen atoms in total. The minimum Gasteiger partial charge on any atom is -0.278 e. The third-order valence-corrected chi connectivity index (χ3v) is 10.5. The summed E-state index contributed by atoms with van der Waals surface area (Å²) in [6, 6.07) is 42.8. The molecule has 0 N–H and O–H groups in total. The lowest BCUT2D eigenvalue weighted by molar-refractivity contribution is 0.324. The lowest BCUT2D eigenvalue weighted by Gasteiger charge is -2.36. The number of fused-ring (bicyclic) bond motifs is 6. The summed E-state index contributed by atoms with van der Waals surface area (Å²) in [5.74, 6) is 2.34. The number of allylic oxidation sites excluding steroid dienone is 4. The molecule has 0 fully saturated rings. The monoisotopic (exact) mass is 606 g/mol. The van der Waals surface area contributed by atoms with E-state index in [4.69, 9.17) is 15.0 Å². The van der Waals surface area contributed by atoms with Gasteiger partial charge in [-0.15, -0.1) is 0 Å². The molecule has 5 aromatic carbocycles. The van der Waals surface area contributed by atoms with Crippen molar-refractivity contribution in [2.75, 3.05) is 0 Å². The van der Waals surface area contributed by atoms with Crippen molar-refractivity contribution in [2.24, 2.45) is 5.92 Å². The average Bonchev–Trinajstić information content (AvgIpc) is 3.54. The van der Waals surface area contributed by atoms with Crippen molar-refractivity contribution in [1.82, 2.24) is 19.5 Å². The zero-order valence-corrected chi connectivity index (χ0v) is 26.7. The highest BCUT2D eigenvalue weighted by atomic mass is 15.2. The first-order valence-corrected chi connectivity index (χ1v) is 16.3. The summed E-state index contributed by atoms with van der Waals surface area (Å²) >= 11 is 0. The first-order chi connectivity index (χ1) is 22.9. The largest absolute Gasteiger partial charge is 0.278 e. The lowest BCUT2D eigenvalue weighted by Crippen LogP contribution is -2.33. The number of hydrogen-bond donors (Lipinski definition) is 0. The molecule has 0 radical (unpaired) electrons. The molecule has 0 saturated heterocycles. The molecule has 2 heterocycles. The van der Waals surface area contributed by atoms with Gasteiger partial charge >= 0.3 is 0 Å².